The number of thiocarbonyl (C=S) groups is 1. The molecule has 0 aliphatic carbocycles. The van der Waals surface area contributed by atoms with E-state index in [0.717, 1.165) is 13.0 Å². The van der Waals surface area contributed by atoms with Crippen molar-refractivity contribution < 1.29 is 9.13 Å². The Morgan fingerprint density at radius 2 is 2.14 bits per heavy atom. The number of rotatable bonds is 8. The molecule has 8 heteroatoms. The Balaban J connectivity index is 1.71. The van der Waals surface area contributed by atoms with E-state index in [0.29, 0.717) is 40.2 Å². The highest BCUT2D eigenvalue weighted by atomic mass is 35.5. The van der Waals surface area contributed by atoms with Crippen LogP contribution in [0.15, 0.2) is 61.2 Å². The van der Waals surface area contributed by atoms with E-state index in [9.17, 15) is 4.39 Å². The number of imidazole rings is 1. The summed E-state index contributed by atoms with van der Waals surface area (Å²) in [5, 5.41) is 4.15. The average Bonchev–Trinajstić information content (AvgIpc) is 3.23. The second-order valence-electron chi connectivity index (χ2n) is 6.44. The molecule has 0 unspecified atom stereocenters. The lowest BCUT2D eigenvalue weighted by Crippen LogP contribution is -2.35. The molecule has 0 aliphatic rings. The van der Waals surface area contributed by atoms with Crippen LogP contribution < -0.4 is 10.1 Å². The summed E-state index contributed by atoms with van der Waals surface area (Å²) in [5.41, 5.74) is 1.26. The minimum atomic E-state index is -0.252. The van der Waals surface area contributed by atoms with Crippen LogP contribution in [0.3, 0.4) is 0 Å². The predicted octanol–water partition coefficient (Wildman–Crippen LogP) is 4.97. The molecule has 3 aromatic rings. The van der Waals surface area contributed by atoms with Gasteiger partial charge in [0.2, 0.25) is 0 Å². The van der Waals surface area contributed by atoms with Crippen molar-refractivity contribution >= 4 is 34.6 Å². The molecule has 0 amide bonds. The van der Waals surface area contributed by atoms with Gasteiger partial charge in [-0.1, -0.05) is 29.8 Å². The number of benzene rings is 2. The zero-order chi connectivity index (χ0) is 20.6. The number of ether oxygens (including phenoxy) is 1. The van der Waals surface area contributed by atoms with E-state index >= 15 is 0 Å². The Hall–Kier alpha value is -2.64. The van der Waals surface area contributed by atoms with Crippen molar-refractivity contribution in [3.05, 3.63) is 77.6 Å². The molecule has 0 atom stereocenters. The number of hydrogen-bond donors (Lipinski definition) is 1. The first-order valence-corrected chi connectivity index (χ1v) is 9.94. The van der Waals surface area contributed by atoms with Crippen LogP contribution in [-0.4, -0.2) is 33.2 Å². The van der Waals surface area contributed by atoms with Crippen molar-refractivity contribution in [2.75, 3.05) is 19.0 Å². The summed E-state index contributed by atoms with van der Waals surface area (Å²) in [6, 6.07) is 12.0. The molecule has 152 valence electrons. The normalized spacial score (nSPS) is 10.6. The predicted molar refractivity (Wildman–Crippen MR) is 118 cm³/mol. The molecule has 3 rings (SSSR count). The van der Waals surface area contributed by atoms with E-state index in [1.807, 2.05) is 21.7 Å². The molecule has 0 bridgehead atoms. The second kappa shape index (κ2) is 10.2. The third-order valence-corrected chi connectivity index (χ3v) is 5.10. The Bertz CT molecular complexity index is 952. The number of halogens is 2. The van der Waals surface area contributed by atoms with Crippen LogP contribution in [0.25, 0.3) is 0 Å². The fourth-order valence-electron chi connectivity index (χ4n) is 2.87. The van der Waals surface area contributed by atoms with Crippen molar-refractivity contribution in [2.45, 2.75) is 19.5 Å². The summed E-state index contributed by atoms with van der Waals surface area (Å²) in [4.78, 5) is 5.99. The van der Waals surface area contributed by atoms with E-state index in [1.54, 1.807) is 50.0 Å². The van der Waals surface area contributed by atoms with Gasteiger partial charge in [-0.05, 0) is 36.8 Å². The van der Waals surface area contributed by atoms with E-state index in [-0.39, 0.29) is 5.82 Å². The van der Waals surface area contributed by atoms with Gasteiger partial charge < -0.3 is 19.5 Å². The first-order valence-electron chi connectivity index (χ1n) is 9.15. The van der Waals surface area contributed by atoms with Gasteiger partial charge in [-0.3, -0.25) is 0 Å². The molecule has 1 heterocycles. The van der Waals surface area contributed by atoms with Gasteiger partial charge in [0.1, 0.15) is 11.6 Å². The molecule has 0 spiro atoms. The van der Waals surface area contributed by atoms with Crippen molar-refractivity contribution in [3.63, 3.8) is 0 Å². The summed E-state index contributed by atoms with van der Waals surface area (Å²) in [5.74, 6) is 0.410. The molecule has 0 radical (unpaired) electrons. The largest absolute Gasteiger partial charge is 0.497 e. The number of nitrogens with zero attached hydrogens (tertiary/aromatic N) is 3. The fourth-order valence-corrected chi connectivity index (χ4v) is 3.35. The number of hydrogen-bond acceptors (Lipinski definition) is 3. The van der Waals surface area contributed by atoms with Crippen molar-refractivity contribution in [1.29, 1.82) is 0 Å². The first-order chi connectivity index (χ1) is 14.1. The molecule has 0 saturated heterocycles. The highest BCUT2D eigenvalue weighted by Crippen LogP contribution is 2.27. The second-order valence-corrected chi connectivity index (χ2v) is 7.24. The molecule has 5 nitrogen and oxygen atoms in total. The standard InChI is InChI=1S/C21H22ClFN4OS/c1-28-17-7-8-20(18(22)13-17)25-21(29)27(11-4-10-26-12-9-24-15-26)14-16-5-2-3-6-19(16)23/h2-3,5-9,12-13,15H,4,10-11,14H2,1H3,(H,25,29). The highest BCUT2D eigenvalue weighted by molar-refractivity contribution is 7.80. The summed E-state index contributed by atoms with van der Waals surface area (Å²) in [7, 11) is 1.58. The summed E-state index contributed by atoms with van der Waals surface area (Å²) < 4.78 is 21.4. The maximum absolute atomic E-state index is 14.2. The number of anilines is 1. The summed E-state index contributed by atoms with van der Waals surface area (Å²) in [6.07, 6.45) is 6.25. The zero-order valence-electron chi connectivity index (χ0n) is 16.0. The SMILES string of the molecule is COc1ccc(NC(=S)N(CCCn2ccnc2)Cc2ccccc2F)c(Cl)c1. The molecular weight excluding hydrogens is 411 g/mol. The zero-order valence-corrected chi connectivity index (χ0v) is 17.6. The van der Waals surface area contributed by atoms with Crippen molar-refractivity contribution in [3.8, 4) is 5.75 Å². The molecule has 29 heavy (non-hydrogen) atoms. The molecular formula is C21H22ClFN4OS. The monoisotopic (exact) mass is 432 g/mol. The first kappa shape index (κ1) is 21.1. The molecule has 1 N–H and O–H groups in total. The Kier molecular flexibility index (Phi) is 7.43. The number of aromatic nitrogens is 2. The fraction of sp³-hybridized carbons (Fsp3) is 0.238. The lowest BCUT2D eigenvalue weighted by molar-refractivity contribution is 0.388. The van der Waals surface area contributed by atoms with Gasteiger partial charge in [-0.2, -0.15) is 0 Å². The number of nitrogens with one attached hydrogen (secondary N) is 1. The van der Waals surface area contributed by atoms with Gasteiger partial charge in [0.05, 0.1) is 24.1 Å². The lowest BCUT2D eigenvalue weighted by Gasteiger charge is -2.26. The van der Waals surface area contributed by atoms with Crippen LogP contribution in [0.2, 0.25) is 5.02 Å². The minimum absolute atomic E-state index is 0.252. The van der Waals surface area contributed by atoms with Gasteiger partial charge in [-0.25, -0.2) is 9.37 Å². The van der Waals surface area contributed by atoms with E-state index in [4.69, 9.17) is 28.6 Å². The smallest absolute Gasteiger partial charge is 0.173 e. The van der Waals surface area contributed by atoms with Gasteiger partial charge in [0, 0.05) is 43.7 Å². The van der Waals surface area contributed by atoms with Gasteiger partial charge in [-0.15, -0.1) is 0 Å². The van der Waals surface area contributed by atoms with Crippen LogP contribution in [0.4, 0.5) is 10.1 Å². The summed E-state index contributed by atoms with van der Waals surface area (Å²) in [6.45, 7) is 1.79. The number of methoxy groups -OCH3 is 1. The van der Waals surface area contributed by atoms with Crippen LogP contribution in [0, 0.1) is 5.82 Å². The summed E-state index contributed by atoms with van der Waals surface area (Å²) >= 11 is 11.9. The highest BCUT2D eigenvalue weighted by Gasteiger charge is 2.14. The lowest BCUT2D eigenvalue weighted by atomic mass is 10.2. The van der Waals surface area contributed by atoms with Crippen molar-refractivity contribution in [2.24, 2.45) is 0 Å². The Morgan fingerprint density at radius 3 is 2.83 bits per heavy atom. The third kappa shape index (κ3) is 5.92. The molecule has 0 saturated carbocycles. The third-order valence-electron chi connectivity index (χ3n) is 4.43. The maximum Gasteiger partial charge on any atom is 0.173 e. The van der Waals surface area contributed by atoms with E-state index in [1.165, 1.54) is 6.07 Å². The van der Waals surface area contributed by atoms with E-state index < -0.39 is 0 Å². The van der Waals surface area contributed by atoms with Crippen LogP contribution in [-0.2, 0) is 13.1 Å². The minimum Gasteiger partial charge on any atom is -0.497 e. The molecule has 1 aromatic heterocycles. The maximum atomic E-state index is 14.2. The molecule has 0 aliphatic heterocycles. The van der Waals surface area contributed by atoms with Crippen molar-refractivity contribution in [1.82, 2.24) is 14.5 Å². The van der Waals surface area contributed by atoms with Crippen LogP contribution >= 0.6 is 23.8 Å². The quantitative estimate of drug-likeness (QED) is 0.509. The topological polar surface area (TPSA) is 42.3 Å². The number of aryl methyl sites for hydroxylation is 1. The molecule has 2 aromatic carbocycles. The Morgan fingerprint density at radius 1 is 1.31 bits per heavy atom. The van der Waals surface area contributed by atoms with Gasteiger partial charge >= 0.3 is 0 Å². The molecule has 0 fully saturated rings. The van der Waals surface area contributed by atoms with Crippen LogP contribution in [0.1, 0.15) is 12.0 Å². The van der Waals surface area contributed by atoms with Crippen LogP contribution in [0.5, 0.6) is 5.75 Å². The average molecular weight is 433 g/mol. The van der Waals surface area contributed by atoms with Gasteiger partial charge in [0.15, 0.2) is 5.11 Å². The van der Waals surface area contributed by atoms with E-state index in [2.05, 4.69) is 10.3 Å². The Labute approximate surface area is 180 Å². The van der Waals surface area contributed by atoms with Gasteiger partial charge in [0.25, 0.3) is 0 Å².